The van der Waals surface area contributed by atoms with Crippen LogP contribution in [0.4, 0.5) is 0 Å². The minimum Gasteiger partial charge on any atom is -0.507 e. The van der Waals surface area contributed by atoms with Crippen LogP contribution in [0.15, 0.2) is 52.2 Å². The van der Waals surface area contributed by atoms with E-state index in [0.29, 0.717) is 23.5 Å². The molecule has 0 saturated heterocycles. The standard InChI is InChI=1S/C14H14N2O4S/c1-21(18,19)16-12(14-7-4-8-20-14)9-11(15-16)10-5-2-3-6-13(10)17/h2-8,12,17H,9H2,1H3/t12-/m0/s1. The number of aromatic hydroxyl groups is 1. The van der Waals surface area contributed by atoms with Gasteiger partial charge in [0.25, 0.3) is 0 Å². The molecule has 1 N–H and O–H groups in total. The highest BCUT2D eigenvalue weighted by molar-refractivity contribution is 7.88. The Bertz CT molecular complexity index is 781. The lowest BCUT2D eigenvalue weighted by molar-refractivity contribution is 0.322. The van der Waals surface area contributed by atoms with E-state index in [4.69, 9.17) is 4.42 Å². The molecule has 6 nitrogen and oxygen atoms in total. The summed E-state index contributed by atoms with van der Waals surface area (Å²) in [6.45, 7) is 0. The smallest absolute Gasteiger partial charge is 0.247 e. The molecule has 1 aliphatic rings. The molecule has 1 aliphatic heterocycles. The van der Waals surface area contributed by atoms with Crippen molar-refractivity contribution in [2.24, 2.45) is 5.10 Å². The number of hydrogen-bond donors (Lipinski definition) is 1. The Hall–Kier alpha value is -2.28. The van der Waals surface area contributed by atoms with Crippen LogP contribution in [-0.4, -0.2) is 29.9 Å². The van der Waals surface area contributed by atoms with Gasteiger partial charge in [-0.1, -0.05) is 12.1 Å². The van der Waals surface area contributed by atoms with E-state index in [-0.39, 0.29) is 5.75 Å². The van der Waals surface area contributed by atoms with Gasteiger partial charge in [0.05, 0.1) is 18.2 Å². The molecule has 0 bridgehead atoms. The van der Waals surface area contributed by atoms with Crippen LogP contribution < -0.4 is 0 Å². The Balaban J connectivity index is 2.04. The normalized spacial score (nSPS) is 18.8. The Morgan fingerprint density at radius 2 is 2.05 bits per heavy atom. The Morgan fingerprint density at radius 3 is 2.67 bits per heavy atom. The number of nitrogens with zero attached hydrogens (tertiary/aromatic N) is 2. The predicted octanol–water partition coefficient (Wildman–Crippen LogP) is 2.10. The fourth-order valence-corrected chi connectivity index (χ4v) is 3.26. The zero-order valence-electron chi connectivity index (χ0n) is 11.3. The van der Waals surface area contributed by atoms with Crippen LogP contribution in [0.1, 0.15) is 23.8 Å². The van der Waals surface area contributed by atoms with Crippen LogP contribution in [0, 0.1) is 0 Å². The maximum absolute atomic E-state index is 11.9. The summed E-state index contributed by atoms with van der Waals surface area (Å²) in [5.41, 5.74) is 1.04. The lowest BCUT2D eigenvalue weighted by Gasteiger charge is -2.18. The quantitative estimate of drug-likeness (QED) is 0.941. The van der Waals surface area contributed by atoms with Gasteiger partial charge in [0.15, 0.2) is 0 Å². The molecule has 7 heteroatoms. The van der Waals surface area contributed by atoms with Crippen LogP contribution >= 0.6 is 0 Å². The second kappa shape index (κ2) is 4.92. The first-order chi connectivity index (χ1) is 9.97. The number of phenols is 1. The molecule has 1 aromatic carbocycles. The summed E-state index contributed by atoms with van der Waals surface area (Å²) < 4.78 is 30.2. The summed E-state index contributed by atoms with van der Waals surface area (Å²) in [5, 5.41) is 14.1. The molecule has 0 aliphatic carbocycles. The number of hydrazone groups is 1. The number of rotatable bonds is 3. The van der Waals surface area contributed by atoms with E-state index in [1.165, 1.54) is 6.26 Å². The maximum atomic E-state index is 11.9. The van der Waals surface area contributed by atoms with Crippen molar-refractivity contribution in [3.63, 3.8) is 0 Å². The lowest BCUT2D eigenvalue weighted by atomic mass is 10.0. The highest BCUT2D eigenvalue weighted by Gasteiger charge is 2.36. The number of furan rings is 1. The minimum atomic E-state index is -3.53. The molecule has 0 spiro atoms. The minimum absolute atomic E-state index is 0.0739. The molecule has 0 radical (unpaired) electrons. The van der Waals surface area contributed by atoms with Crippen molar-refractivity contribution < 1.29 is 17.9 Å². The molecule has 3 rings (SSSR count). The van der Waals surface area contributed by atoms with E-state index >= 15 is 0 Å². The molecule has 0 unspecified atom stereocenters. The highest BCUT2D eigenvalue weighted by atomic mass is 32.2. The molecule has 0 amide bonds. The van der Waals surface area contributed by atoms with E-state index in [9.17, 15) is 13.5 Å². The first kappa shape index (κ1) is 13.7. The highest BCUT2D eigenvalue weighted by Crippen LogP contribution is 2.36. The molecule has 110 valence electrons. The predicted molar refractivity (Wildman–Crippen MR) is 77.4 cm³/mol. The first-order valence-electron chi connectivity index (χ1n) is 6.35. The van der Waals surface area contributed by atoms with Crippen molar-refractivity contribution in [1.82, 2.24) is 4.41 Å². The van der Waals surface area contributed by atoms with Gasteiger partial charge >= 0.3 is 0 Å². The van der Waals surface area contributed by atoms with Gasteiger partial charge in [-0.2, -0.15) is 9.52 Å². The first-order valence-corrected chi connectivity index (χ1v) is 8.20. The van der Waals surface area contributed by atoms with Gasteiger partial charge in [0.2, 0.25) is 10.0 Å². The van der Waals surface area contributed by atoms with Crippen LogP contribution in [0.25, 0.3) is 0 Å². The summed E-state index contributed by atoms with van der Waals surface area (Å²) in [5.74, 6) is 0.597. The average Bonchev–Trinajstić information content (AvgIpc) is 3.07. The van der Waals surface area contributed by atoms with Gasteiger partial charge in [0, 0.05) is 12.0 Å². The molecule has 21 heavy (non-hydrogen) atoms. The Kier molecular flexibility index (Phi) is 3.21. The molecule has 2 heterocycles. The largest absolute Gasteiger partial charge is 0.507 e. The topological polar surface area (TPSA) is 83.1 Å². The van der Waals surface area contributed by atoms with E-state index < -0.39 is 16.1 Å². The van der Waals surface area contributed by atoms with Crippen molar-refractivity contribution in [2.75, 3.05) is 6.26 Å². The zero-order chi connectivity index (χ0) is 15.0. The van der Waals surface area contributed by atoms with E-state index in [1.54, 1.807) is 36.4 Å². The summed E-state index contributed by atoms with van der Waals surface area (Å²) in [6, 6.07) is 9.61. The van der Waals surface area contributed by atoms with Crippen molar-refractivity contribution in [3.05, 3.63) is 54.0 Å². The van der Waals surface area contributed by atoms with Crippen molar-refractivity contribution in [1.29, 1.82) is 0 Å². The van der Waals surface area contributed by atoms with Gasteiger partial charge < -0.3 is 9.52 Å². The number of hydrogen-bond acceptors (Lipinski definition) is 5. The number of para-hydroxylation sites is 1. The lowest BCUT2D eigenvalue weighted by Crippen LogP contribution is -2.25. The van der Waals surface area contributed by atoms with Crippen LogP contribution in [0.5, 0.6) is 5.75 Å². The molecule has 1 aromatic heterocycles. The van der Waals surface area contributed by atoms with Gasteiger partial charge in [-0.15, -0.1) is 0 Å². The summed E-state index contributed by atoms with van der Waals surface area (Å²) >= 11 is 0. The number of benzene rings is 1. The second-order valence-electron chi connectivity index (χ2n) is 4.83. The van der Waals surface area contributed by atoms with Crippen molar-refractivity contribution >= 4 is 15.7 Å². The molecule has 2 aromatic rings. The fourth-order valence-electron chi connectivity index (χ4n) is 2.37. The van der Waals surface area contributed by atoms with E-state index in [0.717, 1.165) is 10.7 Å². The third kappa shape index (κ3) is 2.52. The van der Waals surface area contributed by atoms with E-state index in [1.807, 2.05) is 0 Å². The SMILES string of the molecule is CS(=O)(=O)N1N=C(c2ccccc2O)C[C@H]1c1ccco1. The third-order valence-corrected chi connectivity index (χ3v) is 4.31. The maximum Gasteiger partial charge on any atom is 0.247 e. The summed E-state index contributed by atoms with van der Waals surface area (Å²) in [7, 11) is -3.53. The van der Waals surface area contributed by atoms with Gasteiger partial charge in [-0.05, 0) is 24.3 Å². The van der Waals surface area contributed by atoms with Crippen LogP contribution in [0.2, 0.25) is 0 Å². The van der Waals surface area contributed by atoms with Crippen molar-refractivity contribution in [2.45, 2.75) is 12.5 Å². The monoisotopic (exact) mass is 306 g/mol. The second-order valence-corrected chi connectivity index (χ2v) is 6.67. The van der Waals surface area contributed by atoms with Crippen molar-refractivity contribution in [3.8, 4) is 5.75 Å². The van der Waals surface area contributed by atoms with Gasteiger partial charge in [-0.3, -0.25) is 0 Å². The van der Waals surface area contributed by atoms with Gasteiger partial charge in [0.1, 0.15) is 17.6 Å². The average molecular weight is 306 g/mol. The summed E-state index contributed by atoms with van der Waals surface area (Å²) in [6.07, 6.45) is 2.94. The van der Waals surface area contributed by atoms with Gasteiger partial charge in [-0.25, -0.2) is 8.42 Å². The Labute approximate surface area is 122 Å². The van der Waals surface area contributed by atoms with Crippen LogP contribution in [-0.2, 0) is 10.0 Å². The number of sulfonamides is 1. The fraction of sp³-hybridized carbons (Fsp3) is 0.214. The molecule has 0 fully saturated rings. The molecule has 0 saturated carbocycles. The summed E-state index contributed by atoms with van der Waals surface area (Å²) in [4.78, 5) is 0. The van der Waals surface area contributed by atoms with Crippen LogP contribution in [0.3, 0.4) is 0 Å². The Morgan fingerprint density at radius 1 is 1.29 bits per heavy atom. The molecular formula is C14H14N2O4S. The zero-order valence-corrected chi connectivity index (χ0v) is 12.1. The number of phenolic OH excluding ortho intramolecular Hbond substituents is 1. The third-order valence-electron chi connectivity index (χ3n) is 3.30. The van der Waals surface area contributed by atoms with E-state index in [2.05, 4.69) is 5.10 Å². The molecular weight excluding hydrogens is 292 g/mol. The molecule has 1 atom stereocenters.